The number of carbonyl (C=O) groups is 4. The molecule has 0 aliphatic carbocycles. The van der Waals surface area contributed by atoms with Crippen LogP contribution in [0.25, 0.3) is 5.57 Å². The minimum atomic E-state index is -1.42. The van der Waals surface area contributed by atoms with Crippen molar-refractivity contribution >= 4 is 29.3 Å². The quantitative estimate of drug-likeness (QED) is 0.231. The molecule has 2 atom stereocenters. The molecule has 11 nitrogen and oxygen atoms in total. The number of hydrogen-bond donors (Lipinski definition) is 3. The minimum Gasteiger partial charge on any atom is -0.479 e. The van der Waals surface area contributed by atoms with Crippen LogP contribution in [-0.4, -0.2) is 62.2 Å². The number of nitrogens with zero attached hydrogens (tertiary/aromatic N) is 2. The summed E-state index contributed by atoms with van der Waals surface area (Å²) < 4.78 is 12.6. The van der Waals surface area contributed by atoms with Crippen LogP contribution >= 0.6 is 0 Å². The zero-order valence-electron chi connectivity index (χ0n) is 26.8. The van der Waals surface area contributed by atoms with E-state index in [1.807, 2.05) is 49.4 Å². The second kappa shape index (κ2) is 14.8. The maximum absolute atomic E-state index is 13.5. The van der Waals surface area contributed by atoms with Gasteiger partial charge in [-0.25, -0.2) is 14.6 Å². The molecule has 0 saturated carbocycles. The number of benzene rings is 2. The summed E-state index contributed by atoms with van der Waals surface area (Å²) in [6.07, 6.45) is 3.52. The van der Waals surface area contributed by atoms with Crippen LogP contribution < -0.4 is 10.6 Å². The first-order valence-electron chi connectivity index (χ1n) is 14.5. The minimum absolute atomic E-state index is 0.144. The zero-order chi connectivity index (χ0) is 33.4. The number of aromatic nitrogens is 2. The van der Waals surface area contributed by atoms with E-state index in [1.54, 1.807) is 46.0 Å². The van der Waals surface area contributed by atoms with Gasteiger partial charge in [-0.2, -0.15) is 0 Å². The van der Waals surface area contributed by atoms with Gasteiger partial charge in [0.2, 0.25) is 5.91 Å². The van der Waals surface area contributed by atoms with E-state index in [1.165, 1.54) is 30.8 Å². The highest BCUT2D eigenvalue weighted by molar-refractivity contribution is 6.02. The first kappa shape index (κ1) is 34.7. The summed E-state index contributed by atoms with van der Waals surface area (Å²) >= 11 is 0. The first-order chi connectivity index (χ1) is 21.1. The van der Waals surface area contributed by atoms with Gasteiger partial charge < -0.3 is 29.8 Å². The second-order valence-corrected chi connectivity index (χ2v) is 12.4. The SMILES string of the molecule is CC(=CC(=O)[C@@H](COCc1ccccc1)NC(=O)C(C)(C)NC(=O)OC(C)(C)C)c1cn(C(C(=O)O)c2ccc(C)cc2)cn1. The summed E-state index contributed by atoms with van der Waals surface area (Å²) in [5, 5.41) is 15.2. The maximum atomic E-state index is 13.5. The van der Waals surface area contributed by atoms with Crippen molar-refractivity contribution in [2.45, 2.75) is 78.3 Å². The molecule has 0 aliphatic rings. The van der Waals surface area contributed by atoms with Gasteiger partial charge in [-0.05, 0) is 71.2 Å². The molecule has 0 bridgehead atoms. The van der Waals surface area contributed by atoms with Gasteiger partial charge in [-0.3, -0.25) is 9.59 Å². The molecule has 0 spiro atoms. The van der Waals surface area contributed by atoms with Gasteiger partial charge in [-0.1, -0.05) is 60.2 Å². The third-order valence-electron chi connectivity index (χ3n) is 6.72. The number of ketones is 1. The standard InChI is InChI=1S/C34H42N4O7/c1-22-13-15-25(16-14-22)29(30(40)41)38-18-26(35-21-38)23(2)17-28(39)27(20-44-19-24-11-9-8-10-12-24)36-31(42)34(6,7)37-32(43)45-33(3,4)5/h8-18,21,27,29H,19-20H2,1-7H3,(H,36,42)(H,37,43)(H,40,41)/t27-,29?/m1/s1. The third-order valence-corrected chi connectivity index (χ3v) is 6.72. The van der Waals surface area contributed by atoms with E-state index in [-0.39, 0.29) is 13.2 Å². The van der Waals surface area contributed by atoms with Gasteiger partial charge in [0.15, 0.2) is 11.8 Å². The molecule has 3 aromatic rings. The molecular weight excluding hydrogens is 576 g/mol. The fourth-order valence-electron chi connectivity index (χ4n) is 4.28. The number of imidazole rings is 1. The molecule has 0 saturated heterocycles. The van der Waals surface area contributed by atoms with Crippen molar-refractivity contribution in [3.05, 3.63) is 95.6 Å². The molecule has 2 amide bonds. The monoisotopic (exact) mass is 618 g/mol. The van der Waals surface area contributed by atoms with Crippen molar-refractivity contribution < 1.29 is 33.8 Å². The van der Waals surface area contributed by atoms with Crippen LogP contribution in [0.1, 0.15) is 70.0 Å². The molecule has 1 unspecified atom stereocenters. The number of alkyl carbamates (subject to hydrolysis) is 1. The van der Waals surface area contributed by atoms with Gasteiger partial charge in [0, 0.05) is 6.20 Å². The van der Waals surface area contributed by atoms with Gasteiger partial charge in [-0.15, -0.1) is 0 Å². The molecule has 0 fully saturated rings. The number of carbonyl (C=O) groups excluding carboxylic acids is 3. The van der Waals surface area contributed by atoms with Crippen LogP contribution in [0.3, 0.4) is 0 Å². The number of nitrogens with one attached hydrogen (secondary N) is 2. The average Bonchev–Trinajstić information content (AvgIpc) is 3.42. The van der Waals surface area contributed by atoms with Gasteiger partial charge in [0.25, 0.3) is 0 Å². The molecule has 0 aliphatic heterocycles. The number of aliphatic carboxylic acids is 1. The Hall–Kier alpha value is -4.77. The predicted molar refractivity (Wildman–Crippen MR) is 169 cm³/mol. The summed E-state index contributed by atoms with van der Waals surface area (Å²) in [7, 11) is 0. The highest BCUT2D eigenvalue weighted by Crippen LogP contribution is 2.22. The van der Waals surface area contributed by atoms with E-state index in [2.05, 4.69) is 15.6 Å². The van der Waals surface area contributed by atoms with Crippen LogP contribution in [0.5, 0.6) is 0 Å². The Morgan fingerprint density at radius 2 is 1.64 bits per heavy atom. The Kier molecular flexibility index (Phi) is 11.4. The van der Waals surface area contributed by atoms with E-state index in [4.69, 9.17) is 9.47 Å². The predicted octanol–water partition coefficient (Wildman–Crippen LogP) is 4.84. The molecule has 0 radical (unpaired) electrons. The van der Waals surface area contributed by atoms with Crippen molar-refractivity contribution in [2.24, 2.45) is 0 Å². The number of hydrogen-bond acceptors (Lipinski definition) is 7. The van der Waals surface area contributed by atoms with Crippen molar-refractivity contribution in [3.63, 3.8) is 0 Å². The maximum Gasteiger partial charge on any atom is 0.408 e. The third kappa shape index (κ3) is 10.4. The van der Waals surface area contributed by atoms with E-state index in [0.717, 1.165) is 11.1 Å². The van der Waals surface area contributed by atoms with Crippen molar-refractivity contribution in [1.29, 1.82) is 0 Å². The lowest BCUT2D eigenvalue weighted by Crippen LogP contribution is -2.59. The number of aryl methyl sites for hydroxylation is 1. The van der Waals surface area contributed by atoms with Crippen molar-refractivity contribution in [1.82, 2.24) is 20.2 Å². The smallest absolute Gasteiger partial charge is 0.408 e. The number of ether oxygens (including phenoxy) is 2. The fraction of sp³-hybridized carbons (Fsp3) is 0.382. The van der Waals surface area contributed by atoms with Crippen LogP contribution in [-0.2, 0) is 30.5 Å². The number of carboxylic acid groups (broad SMARTS) is 1. The van der Waals surface area contributed by atoms with Crippen LogP contribution in [0.2, 0.25) is 0 Å². The van der Waals surface area contributed by atoms with Crippen molar-refractivity contribution in [3.8, 4) is 0 Å². The molecule has 3 rings (SSSR count). The molecule has 11 heteroatoms. The summed E-state index contributed by atoms with van der Waals surface area (Å²) in [5.74, 6) is -2.14. The molecule has 240 valence electrons. The normalized spacial score (nSPS) is 13.4. The summed E-state index contributed by atoms with van der Waals surface area (Å²) in [5.41, 5.74) is 1.14. The lowest BCUT2D eigenvalue weighted by molar-refractivity contribution is -0.139. The zero-order valence-corrected chi connectivity index (χ0v) is 26.8. The Morgan fingerprint density at radius 3 is 2.24 bits per heavy atom. The lowest BCUT2D eigenvalue weighted by atomic mass is 10.0. The van der Waals surface area contributed by atoms with E-state index >= 15 is 0 Å². The Balaban J connectivity index is 1.81. The summed E-state index contributed by atoms with van der Waals surface area (Å²) in [6.45, 7) is 11.8. The number of carboxylic acids is 1. The van der Waals surface area contributed by atoms with Crippen LogP contribution in [0.4, 0.5) is 4.79 Å². The summed E-state index contributed by atoms with van der Waals surface area (Å²) in [6, 6.07) is 14.4. The van der Waals surface area contributed by atoms with Gasteiger partial charge >= 0.3 is 12.1 Å². The molecule has 1 aromatic heterocycles. The molecule has 2 aromatic carbocycles. The molecule has 3 N–H and O–H groups in total. The number of rotatable bonds is 13. The Labute approximate surface area is 263 Å². The summed E-state index contributed by atoms with van der Waals surface area (Å²) in [4.78, 5) is 55.7. The molecular formula is C34H42N4O7. The topological polar surface area (TPSA) is 149 Å². The first-order valence-corrected chi connectivity index (χ1v) is 14.5. The lowest BCUT2D eigenvalue weighted by Gasteiger charge is -2.29. The van der Waals surface area contributed by atoms with Crippen molar-refractivity contribution in [2.75, 3.05) is 6.61 Å². The second-order valence-electron chi connectivity index (χ2n) is 12.4. The van der Waals surface area contributed by atoms with E-state index in [9.17, 15) is 24.3 Å². The number of amides is 2. The van der Waals surface area contributed by atoms with Crippen LogP contribution in [0, 0.1) is 6.92 Å². The molecule has 1 heterocycles. The number of allylic oxidation sites excluding steroid dienone is 1. The van der Waals surface area contributed by atoms with E-state index in [0.29, 0.717) is 16.8 Å². The Morgan fingerprint density at radius 1 is 1.00 bits per heavy atom. The van der Waals surface area contributed by atoms with Crippen LogP contribution in [0.15, 0.2) is 73.2 Å². The highest BCUT2D eigenvalue weighted by Gasteiger charge is 2.34. The average molecular weight is 619 g/mol. The molecule has 45 heavy (non-hydrogen) atoms. The Bertz CT molecular complexity index is 1520. The largest absolute Gasteiger partial charge is 0.479 e. The van der Waals surface area contributed by atoms with Gasteiger partial charge in [0.1, 0.15) is 17.2 Å². The van der Waals surface area contributed by atoms with E-state index < -0.39 is 47.0 Å². The van der Waals surface area contributed by atoms with Gasteiger partial charge in [0.05, 0.1) is 25.2 Å². The fourth-order valence-corrected chi connectivity index (χ4v) is 4.28. The highest BCUT2D eigenvalue weighted by atomic mass is 16.6.